The van der Waals surface area contributed by atoms with Crippen LogP contribution in [0.2, 0.25) is 0 Å². The first-order valence-corrected chi connectivity index (χ1v) is 8.62. The molecule has 0 saturated heterocycles. The lowest BCUT2D eigenvalue weighted by atomic mass is 10.0. The topological polar surface area (TPSA) is 23.6 Å². The predicted molar refractivity (Wildman–Crippen MR) is 103 cm³/mol. The minimum atomic E-state index is 0.111. The number of allylic oxidation sites excluding steroid dienone is 2. The Morgan fingerprint density at radius 3 is 2.33 bits per heavy atom. The second kappa shape index (κ2) is 7.52. The minimum absolute atomic E-state index is 0.111. The summed E-state index contributed by atoms with van der Waals surface area (Å²) in [6, 6.07) is 4.45. The maximum atomic E-state index is 13.0. The highest BCUT2D eigenvalue weighted by Crippen LogP contribution is 2.27. The Hall–Kier alpha value is -2.29. The third-order valence-corrected chi connectivity index (χ3v) is 4.66. The number of amides is 1. The average molecular weight is 324 g/mol. The van der Waals surface area contributed by atoms with Crippen LogP contribution in [0.1, 0.15) is 44.5 Å². The Morgan fingerprint density at radius 2 is 1.79 bits per heavy atom. The number of anilines is 1. The van der Waals surface area contributed by atoms with Crippen molar-refractivity contribution in [3.63, 3.8) is 0 Å². The number of carbonyl (C=O) groups is 1. The quantitative estimate of drug-likeness (QED) is 0.831. The zero-order valence-electron chi connectivity index (χ0n) is 15.2. The standard InChI is InChI=1S/C21H28N2O/c1-7-10-17-12-13-19-20(18(17)11-8-2)22(15(4)5)14-23(21(19)24)16(6)9-3/h7-8,10-13,15-16H,1-2,9,14H2,3-6H3/b17-10-,18-11+. The van der Waals surface area contributed by atoms with Gasteiger partial charge in [-0.05, 0) is 38.5 Å². The molecule has 0 spiro atoms. The maximum absolute atomic E-state index is 13.0. The van der Waals surface area contributed by atoms with Crippen LogP contribution in [0.3, 0.4) is 0 Å². The van der Waals surface area contributed by atoms with Crippen LogP contribution in [0.5, 0.6) is 0 Å². The number of fused-ring (bicyclic) bond motifs is 1. The van der Waals surface area contributed by atoms with Gasteiger partial charge in [-0.25, -0.2) is 0 Å². The Balaban J connectivity index is 2.81. The zero-order valence-corrected chi connectivity index (χ0v) is 15.2. The monoisotopic (exact) mass is 324 g/mol. The van der Waals surface area contributed by atoms with Gasteiger partial charge in [0.2, 0.25) is 0 Å². The van der Waals surface area contributed by atoms with E-state index in [4.69, 9.17) is 0 Å². The van der Waals surface area contributed by atoms with Gasteiger partial charge in [0.15, 0.2) is 0 Å². The molecule has 1 aromatic rings. The van der Waals surface area contributed by atoms with Crippen LogP contribution in [-0.2, 0) is 0 Å². The average Bonchev–Trinajstić information content (AvgIpc) is 2.56. The lowest BCUT2D eigenvalue weighted by molar-refractivity contribution is 0.0667. The summed E-state index contributed by atoms with van der Waals surface area (Å²) in [5.41, 5.74) is 1.77. The highest BCUT2D eigenvalue weighted by atomic mass is 16.2. The van der Waals surface area contributed by atoms with Crippen molar-refractivity contribution >= 4 is 23.7 Å². The molecule has 1 amide bonds. The minimum Gasteiger partial charge on any atom is -0.350 e. The number of rotatable bonds is 5. The van der Waals surface area contributed by atoms with Gasteiger partial charge in [0.05, 0.1) is 17.9 Å². The first-order valence-electron chi connectivity index (χ1n) is 8.62. The smallest absolute Gasteiger partial charge is 0.257 e. The van der Waals surface area contributed by atoms with Crippen molar-refractivity contribution in [2.24, 2.45) is 0 Å². The highest BCUT2D eigenvalue weighted by Gasteiger charge is 2.33. The van der Waals surface area contributed by atoms with E-state index >= 15 is 0 Å². The summed E-state index contributed by atoms with van der Waals surface area (Å²) in [5, 5.41) is 2.09. The van der Waals surface area contributed by atoms with Gasteiger partial charge in [-0.1, -0.05) is 50.5 Å². The maximum Gasteiger partial charge on any atom is 0.257 e. The van der Waals surface area contributed by atoms with Gasteiger partial charge >= 0.3 is 0 Å². The molecule has 1 aromatic carbocycles. The fraction of sp³-hybridized carbons (Fsp3) is 0.381. The summed E-state index contributed by atoms with van der Waals surface area (Å²) in [6.45, 7) is 16.8. The van der Waals surface area contributed by atoms with Crippen molar-refractivity contribution in [3.8, 4) is 0 Å². The summed E-state index contributed by atoms with van der Waals surface area (Å²) in [5.74, 6) is 0.111. The summed E-state index contributed by atoms with van der Waals surface area (Å²) < 4.78 is 0. The molecule has 2 rings (SSSR count). The van der Waals surface area contributed by atoms with Crippen LogP contribution >= 0.6 is 0 Å². The van der Waals surface area contributed by atoms with Crippen LogP contribution in [0.25, 0.3) is 12.2 Å². The summed E-state index contributed by atoms with van der Waals surface area (Å²) in [4.78, 5) is 17.3. The molecule has 0 aliphatic carbocycles. The molecule has 1 aliphatic rings. The van der Waals surface area contributed by atoms with Gasteiger partial charge in [0.1, 0.15) is 0 Å². The van der Waals surface area contributed by atoms with Crippen molar-refractivity contribution < 1.29 is 4.79 Å². The first kappa shape index (κ1) is 18.1. The van der Waals surface area contributed by atoms with Crippen LogP contribution in [0.15, 0.2) is 37.4 Å². The van der Waals surface area contributed by atoms with Gasteiger partial charge in [0.25, 0.3) is 5.91 Å². The van der Waals surface area contributed by atoms with E-state index in [1.807, 2.05) is 29.2 Å². The fourth-order valence-corrected chi connectivity index (χ4v) is 3.11. The molecule has 3 nitrogen and oxygen atoms in total. The van der Waals surface area contributed by atoms with E-state index in [0.717, 1.165) is 28.1 Å². The summed E-state index contributed by atoms with van der Waals surface area (Å²) in [7, 11) is 0. The van der Waals surface area contributed by atoms with E-state index in [2.05, 4.69) is 45.8 Å². The number of carbonyl (C=O) groups excluding carboxylic acids is 1. The number of hydrogen-bond acceptors (Lipinski definition) is 2. The fourth-order valence-electron chi connectivity index (χ4n) is 3.11. The molecule has 1 heterocycles. The van der Waals surface area contributed by atoms with Crippen LogP contribution in [0, 0.1) is 0 Å². The predicted octanol–water partition coefficient (Wildman–Crippen LogP) is 3.05. The van der Waals surface area contributed by atoms with Crippen molar-refractivity contribution in [1.82, 2.24) is 4.90 Å². The normalized spacial score (nSPS) is 17.3. The third kappa shape index (κ3) is 3.16. The Labute approximate surface area is 145 Å². The molecule has 0 fully saturated rings. The van der Waals surface area contributed by atoms with Crippen molar-refractivity contribution in [2.75, 3.05) is 11.6 Å². The molecule has 0 aromatic heterocycles. The Kier molecular flexibility index (Phi) is 5.66. The Bertz CT molecular complexity index is 761. The number of benzene rings is 1. The zero-order chi connectivity index (χ0) is 17.9. The van der Waals surface area contributed by atoms with E-state index in [0.29, 0.717) is 12.7 Å². The SMILES string of the molecule is C=C/C=c1/ccc2c(/c1=C/C=C)N(C(C)C)CN(C(C)CC)C2=O. The molecule has 0 radical (unpaired) electrons. The molecule has 1 unspecified atom stereocenters. The van der Waals surface area contributed by atoms with Crippen molar-refractivity contribution in [2.45, 2.75) is 46.2 Å². The van der Waals surface area contributed by atoms with Crippen LogP contribution in [-0.4, -0.2) is 29.6 Å². The van der Waals surface area contributed by atoms with Crippen LogP contribution in [0.4, 0.5) is 5.69 Å². The molecule has 0 saturated carbocycles. The second-order valence-electron chi connectivity index (χ2n) is 6.51. The highest BCUT2D eigenvalue weighted by molar-refractivity contribution is 6.02. The van der Waals surface area contributed by atoms with Gasteiger partial charge in [-0.3, -0.25) is 4.79 Å². The van der Waals surface area contributed by atoms with E-state index < -0.39 is 0 Å². The molecule has 24 heavy (non-hydrogen) atoms. The van der Waals surface area contributed by atoms with Crippen molar-refractivity contribution in [3.05, 3.63) is 53.4 Å². The first-order chi connectivity index (χ1) is 11.5. The second-order valence-corrected chi connectivity index (χ2v) is 6.51. The largest absolute Gasteiger partial charge is 0.350 e. The molecular formula is C21H28N2O. The van der Waals surface area contributed by atoms with E-state index in [1.165, 1.54) is 0 Å². The number of nitrogens with zero attached hydrogens (tertiary/aromatic N) is 2. The molecule has 128 valence electrons. The third-order valence-electron chi connectivity index (χ3n) is 4.66. The van der Waals surface area contributed by atoms with Gasteiger partial charge in [0, 0.05) is 17.3 Å². The molecule has 0 bridgehead atoms. The lowest BCUT2D eigenvalue weighted by Crippen LogP contribution is -2.55. The summed E-state index contributed by atoms with van der Waals surface area (Å²) in [6.07, 6.45) is 8.45. The number of hydrogen-bond donors (Lipinski definition) is 0. The van der Waals surface area contributed by atoms with Gasteiger partial charge in [-0.2, -0.15) is 0 Å². The molecular weight excluding hydrogens is 296 g/mol. The molecule has 1 atom stereocenters. The van der Waals surface area contributed by atoms with Gasteiger partial charge < -0.3 is 9.80 Å². The molecule has 3 heteroatoms. The van der Waals surface area contributed by atoms with E-state index in [1.54, 1.807) is 12.2 Å². The van der Waals surface area contributed by atoms with E-state index in [-0.39, 0.29) is 11.9 Å². The van der Waals surface area contributed by atoms with Crippen molar-refractivity contribution in [1.29, 1.82) is 0 Å². The lowest BCUT2D eigenvalue weighted by Gasteiger charge is -2.43. The van der Waals surface area contributed by atoms with Crippen LogP contribution < -0.4 is 15.3 Å². The molecule has 1 aliphatic heterocycles. The van der Waals surface area contributed by atoms with E-state index in [9.17, 15) is 4.79 Å². The van der Waals surface area contributed by atoms with Gasteiger partial charge in [-0.15, -0.1) is 0 Å². The Morgan fingerprint density at radius 1 is 1.12 bits per heavy atom. The molecule has 0 N–H and O–H groups in total. The summed E-state index contributed by atoms with van der Waals surface area (Å²) >= 11 is 0.